The lowest BCUT2D eigenvalue weighted by Crippen LogP contribution is -2.38. The van der Waals surface area contributed by atoms with Crippen LogP contribution in [0.25, 0.3) is 0 Å². The van der Waals surface area contributed by atoms with Crippen molar-refractivity contribution in [3.8, 4) is 5.88 Å². The van der Waals surface area contributed by atoms with E-state index in [2.05, 4.69) is 136 Å². The van der Waals surface area contributed by atoms with E-state index in [1.165, 1.54) is 0 Å². The number of hydrogen-bond acceptors (Lipinski definition) is 2. The molecule has 0 fully saturated rings. The van der Waals surface area contributed by atoms with Crippen LogP contribution in [0.1, 0.15) is 43.0 Å². The molecule has 164 valence electrons. The van der Waals surface area contributed by atoms with E-state index in [4.69, 9.17) is 9.52 Å². The molecule has 0 aliphatic rings. The van der Waals surface area contributed by atoms with Crippen LogP contribution in [0, 0.1) is 0 Å². The van der Waals surface area contributed by atoms with Crippen LogP contribution in [0.5, 0.6) is 5.88 Å². The maximum absolute atomic E-state index is 6.36. The Morgan fingerprint density at radius 1 is 0.688 bits per heavy atom. The highest BCUT2D eigenvalue weighted by atomic mass is 28.3. The molecule has 1 aromatic heterocycles. The number of benzene rings is 3. The third-order valence-corrected chi connectivity index (χ3v) is 6.45. The zero-order valence-corrected chi connectivity index (χ0v) is 20.8. The molecular formula is C28H32N2OSi. The van der Waals surface area contributed by atoms with Crippen molar-refractivity contribution >= 4 is 9.04 Å². The van der Waals surface area contributed by atoms with Crippen LogP contribution in [0.3, 0.4) is 0 Å². The van der Waals surface area contributed by atoms with E-state index >= 15 is 0 Å². The molecule has 0 spiro atoms. The number of nitrogens with zero attached hydrogens (tertiary/aromatic N) is 2. The van der Waals surface area contributed by atoms with Gasteiger partial charge in [0.05, 0.1) is 0 Å². The molecule has 0 aliphatic heterocycles. The van der Waals surface area contributed by atoms with E-state index in [1.54, 1.807) is 0 Å². The molecule has 0 bridgehead atoms. The third-order valence-electron chi connectivity index (χ3n) is 5.75. The maximum Gasteiger partial charge on any atom is 0.231 e. The second-order valence-corrected chi connectivity index (χ2v) is 11.9. The molecule has 0 unspecified atom stereocenters. The highest BCUT2D eigenvalue weighted by Gasteiger charge is 2.41. The van der Waals surface area contributed by atoms with Gasteiger partial charge in [0.15, 0.2) is 0 Å². The van der Waals surface area contributed by atoms with Gasteiger partial charge in [-0.25, -0.2) is 4.68 Å². The zero-order chi connectivity index (χ0) is 22.8. The summed E-state index contributed by atoms with van der Waals surface area (Å²) in [5.74, 6) is 0.756. The molecule has 3 aromatic carbocycles. The summed E-state index contributed by atoms with van der Waals surface area (Å²) in [7, 11) is -1.33. The summed E-state index contributed by atoms with van der Waals surface area (Å²) in [6.45, 7) is 11.0. The van der Waals surface area contributed by atoms with Gasteiger partial charge in [0, 0.05) is 11.8 Å². The number of aromatic nitrogens is 2. The minimum atomic E-state index is -1.33. The first-order chi connectivity index (χ1) is 15.3. The predicted molar refractivity (Wildman–Crippen MR) is 135 cm³/mol. The fourth-order valence-corrected chi connectivity index (χ4v) is 4.91. The molecule has 4 heteroatoms. The summed E-state index contributed by atoms with van der Waals surface area (Å²) >= 11 is 0. The summed E-state index contributed by atoms with van der Waals surface area (Å²) in [5.41, 5.74) is 3.90. The highest BCUT2D eigenvalue weighted by Crippen LogP contribution is 2.43. The molecule has 0 aliphatic carbocycles. The van der Waals surface area contributed by atoms with Crippen molar-refractivity contribution < 1.29 is 4.43 Å². The number of rotatable bonds is 6. The Labute approximate surface area is 193 Å². The van der Waals surface area contributed by atoms with Crippen molar-refractivity contribution in [1.82, 2.24) is 9.78 Å². The topological polar surface area (TPSA) is 27.1 Å². The molecule has 32 heavy (non-hydrogen) atoms. The van der Waals surface area contributed by atoms with Gasteiger partial charge in [0.1, 0.15) is 5.54 Å². The lowest BCUT2D eigenvalue weighted by atomic mass is 9.77. The first-order valence-electron chi connectivity index (χ1n) is 11.3. The Morgan fingerprint density at radius 3 is 1.44 bits per heavy atom. The molecular weight excluding hydrogens is 408 g/mol. The predicted octanol–water partition coefficient (Wildman–Crippen LogP) is 6.38. The molecule has 4 rings (SSSR count). The van der Waals surface area contributed by atoms with E-state index in [0.717, 1.165) is 28.1 Å². The largest absolute Gasteiger partial charge is 0.533 e. The maximum atomic E-state index is 6.36. The second-order valence-electron chi connectivity index (χ2n) is 9.52. The van der Waals surface area contributed by atoms with Gasteiger partial charge in [-0.05, 0) is 35.2 Å². The van der Waals surface area contributed by atoms with Gasteiger partial charge >= 0.3 is 0 Å². The zero-order valence-electron chi connectivity index (χ0n) is 19.6. The molecule has 3 nitrogen and oxygen atoms in total. The summed E-state index contributed by atoms with van der Waals surface area (Å²) in [5, 5.41) is 5.15. The fraction of sp³-hybridized carbons (Fsp3) is 0.250. The van der Waals surface area contributed by atoms with E-state index in [1.807, 2.05) is 0 Å². The summed E-state index contributed by atoms with van der Waals surface area (Å²) in [4.78, 5) is 0. The Balaban J connectivity index is 2.11. The van der Waals surface area contributed by atoms with Gasteiger partial charge < -0.3 is 4.43 Å². The Bertz CT molecular complexity index is 1050. The van der Waals surface area contributed by atoms with E-state index in [0.29, 0.717) is 0 Å². The lowest BCUT2D eigenvalue weighted by molar-refractivity contribution is 0.437. The van der Waals surface area contributed by atoms with Gasteiger partial charge in [0.25, 0.3) is 0 Å². The van der Waals surface area contributed by atoms with Crippen LogP contribution in [-0.4, -0.2) is 18.8 Å². The van der Waals surface area contributed by atoms with E-state index in [-0.39, 0.29) is 5.41 Å². The van der Waals surface area contributed by atoms with E-state index in [9.17, 15) is 0 Å². The monoisotopic (exact) mass is 440 g/mol. The van der Waals surface area contributed by atoms with Crippen molar-refractivity contribution in [2.24, 2.45) is 0 Å². The molecule has 0 saturated carbocycles. The standard InChI is InChI=1S/C28H32N2OSi/c1-27(2,3)25-21-30(29-26(25)31-32(4)5)28(22-15-9-6-10-16-22,23-17-11-7-12-18-23)24-19-13-8-14-20-24/h6-21,32H,1-5H3. The van der Waals surface area contributed by atoms with Crippen LogP contribution in [0.15, 0.2) is 97.2 Å². The Kier molecular flexibility index (Phi) is 6.07. The first kappa shape index (κ1) is 22.1. The first-order valence-corrected chi connectivity index (χ1v) is 14.1. The average Bonchev–Trinajstić information content (AvgIpc) is 3.20. The second kappa shape index (κ2) is 8.79. The van der Waals surface area contributed by atoms with Crippen LogP contribution in [0.2, 0.25) is 13.1 Å². The van der Waals surface area contributed by atoms with Gasteiger partial charge in [-0.3, -0.25) is 0 Å². The van der Waals surface area contributed by atoms with E-state index < -0.39 is 14.6 Å². The molecule has 0 saturated heterocycles. The molecule has 0 N–H and O–H groups in total. The minimum absolute atomic E-state index is 0.0906. The van der Waals surface area contributed by atoms with Gasteiger partial charge in [-0.1, -0.05) is 112 Å². The minimum Gasteiger partial charge on any atom is -0.533 e. The van der Waals surface area contributed by atoms with Gasteiger partial charge in [-0.15, -0.1) is 5.10 Å². The fourth-order valence-electron chi connectivity index (χ4n) is 4.29. The summed E-state index contributed by atoms with van der Waals surface area (Å²) in [6, 6.07) is 31.9. The lowest BCUT2D eigenvalue weighted by Gasteiger charge is -2.36. The third kappa shape index (κ3) is 4.03. The molecule has 0 atom stereocenters. The van der Waals surface area contributed by atoms with Crippen LogP contribution in [-0.2, 0) is 11.0 Å². The molecule has 1 heterocycles. The van der Waals surface area contributed by atoms with Crippen molar-refractivity contribution in [3.05, 3.63) is 119 Å². The normalized spacial score (nSPS) is 12.2. The molecule has 0 amide bonds. The van der Waals surface area contributed by atoms with Gasteiger partial charge in [-0.2, -0.15) is 0 Å². The van der Waals surface area contributed by atoms with Crippen molar-refractivity contribution in [3.63, 3.8) is 0 Å². The Morgan fingerprint density at radius 2 is 1.09 bits per heavy atom. The Hall–Kier alpha value is -3.11. The summed E-state index contributed by atoms with van der Waals surface area (Å²) in [6.07, 6.45) is 2.19. The molecule has 4 aromatic rings. The van der Waals surface area contributed by atoms with Crippen LogP contribution >= 0.6 is 0 Å². The van der Waals surface area contributed by atoms with Crippen molar-refractivity contribution in [2.75, 3.05) is 0 Å². The quantitative estimate of drug-likeness (QED) is 0.257. The summed E-state index contributed by atoms with van der Waals surface area (Å²) < 4.78 is 8.49. The van der Waals surface area contributed by atoms with Crippen LogP contribution in [0.4, 0.5) is 0 Å². The van der Waals surface area contributed by atoms with Crippen molar-refractivity contribution in [2.45, 2.75) is 44.8 Å². The SMILES string of the molecule is C[SiH](C)Oc1nn(C(c2ccccc2)(c2ccccc2)c2ccccc2)cc1C(C)(C)C. The smallest absolute Gasteiger partial charge is 0.231 e. The average molecular weight is 441 g/mol. The molecule has 0 radical (unpaired) electrons. The van der Waals surface area contributed by atoms with Gasteiger partial charge in [0.2, 0.25) is 14.9 Å². The highest BCUT2D eigenvalue weighted by molar-refractivity contribution is 6.49. The van der Waals surface area contributed by atoms with Crippen molar-refractivity contribution in [1.29, 1.82) is 0 Å². The van der Waals surface area contributed by atoms with Crippen LogP contribution < -0.4 is 4.43 Å². The number of hydrogen-bond donors (Lipinski definition) is 0.